The Morgan fingerprint density at radius 2 is 1.81 bits per heavy atom. The second-order valence-electron chi connectivity index (χ2n) is 6.96. The Balaban J connectivity index is 1.78. The lowest BCUT2D eigenvalue weighted by molar-refractivity contribution is -0.385. The topological polar surface area (TPSA) is 94.1 Å². The first-order valence-electron chi connectivity index (χ1n) is 9.25. The molecule has 0 amide bonds. The van der Waals surface area contributed by atoms with Crippen LogP contribution in [0.3, 0.4) is 0 Å². The maximum absolute atomic E-state index is 13.2. The van der Waals surface area contributed by atoms with Crippen LogP contribution in [0.1, 0.15) is 11.1 Å². The number of aliphatic hydroxyl groups is 1. The molecule has 1 aromatic heterocycles. The van der Waals surface area contributed by atoms with Crippen molar-refractivity contribution in [2.45, 2.75) is 12.1 Å². The molecule has 0 saturated heterocycles. The quantitative estimate of drug-likeness (QED) is 0.351. The summed E-state index contributed by atoms with van der Waals surface area (Å²) >= 11 is 6.35. The highest BCUT2D eigenvalue weighted by atomic mass is 35.5. The Labute approximate surface area is 181 Å². The number of rotatable bonds is 6. The van der Waals surface area contributed by atoms with Gasteiger partial charge in [0.2, 0.25) is 0 Å². The van der Waals surface area contributed by atoms with E-state index in [1.807, 2.05) is 0 Å². The fourth-order valence-corrected chi connectivity index (χ4v) is 3.63. The lowest BCUT2D eigenvalue weighted by atomic mass is 9.86. The van der Waals surface area contributed by atoms with Crippen LogP contribution in [0.15, 0.2) is 79.0 Å². The van der Waals surface area contributed by atoms with E-state index in [0.29, 0.717) is 16.8 Å². The Morgan fingerprint density at radius 1 is 1.10 bits per heavy atom. The standard InChI is InChI=1S/C22H16ClFN4O3/c23-20-11-10-18(28(30)31)12-19(20)22(29,16-4-2-1-3-5-16)14-27-13-21(25-26-27)15-6-8-17(24)9-7-15/h1-13,29H,14H2. The van der Waals surface area contributed by atoms with Crippen molar-refractivity contribution in [3.8, 4) is 11.3 Å². The Morgan fingerprint density at radius 3 is 2.48 bits per heavy atom. The number of nitro groups is 1. The summed E-state index contributed by atoms with van der Waals surface area (Å²) in [6.45, 7) is -0.105. The van der Waals surface area contributed by atoms with E-state index in [9.17, 15) is 19.6 Å². The number of hydrogen-bond donors (Lipinski definition) is 1. The van der Waals surface area contributed by atoms with Crippen LogP contribution in [0.4, 0.5) is 10.1 Å². The largest absolute Gasteiger partial charge is 0.378 e. The molecule has 3 aromatic carbocycles. The van der Waals surface area contributed by atoms with Gasteiger partial charge in [-0.15, -0.1) is 5.10 Å². The maximum atomic E-state index is 13.2. The molecule has 0 saturated carbocycles. The lowest BCUT2D eigenvalue weighted by Gasteiger charge is -2.29. The summed E-state index contributed by atoms with van der Waals surface area (Å²) in [5.74, 6) is -0.366. The van der Waals surface area contributed by atoms with Crippen molar-refractivity contribution in [3.63, 3.8) is 0 Å². The van der Waals surface area contributed by atoms with Crippen molar-refractivity contribution < 1.29 is 14.4 Å². The zero-order valence-corrected chi connectivity index (χ0v) is 16.8. The van der Waals surface area contributed by atoms with Crippen LogP contribution in [0.2, 0.25) is 5.02 Å². The fourth-order valence-electron chi connectivity index (χ4n) is 3.35. The highest BCUT2D eigenvalue weighted by Crippen LogP contribution is 2.38. The average molecular weight is 439 g/mol. The molecule has 0 aliphatic rings. The molecule has 9 heteroatoms. The first-order valence-corrected chi connectivity index (χ1v) is 9.63. The van der Waals surface area contributed by atoms with Crippen molar-refractivity contribution >= 4 is 17.3 Å². The van der Waals surface area contributed by atoms with Crippen molar-refractivity contribution in [2.75, 3.05) is 0 Å². The average Bonchev–Trinajstić information content (AvgIpc) is 3.23. The van der Waals surface area contributed by atoms with Crippen molar-refractivity contribution in [1.29, 1.82) is 0 Å². The van der Waals surface area contributed by atoms with E-state index >= 15 is 0 Å². The minimum Gasteiger partial charge on any atom is -0.378 e. The molecule has 1 N–H and O–H groups in total. The van der Waals surface area contributed by atoms with E-state index in [1.54, 1.807) is 48.7 Å². The molecule has 1 heterocycles. The molecule has 4 aromatic rings. The van der Waals surface area contributed by atoms with E-state index < -0.39 is 10.5 Å². The second-order valence-corrected chi connectivity index (χ2v) is 7.36. The number of nitrogens with zero attached hydrogens (tertiary/aromatic N) is 4. The molecule has 0 spiro atoms. The summed E-state index contributed by atoms with van der Waals surface area (Å²) in [6, 6.07) is 18.4. The SMILES string of the molecule is O=[N+]([O-])c1ccc(Cl)c(C(O)(Cn2cc(-c3ccc(F)cc3)nn2)c2ccccc2)c1. The van der Waals surface area contributed by atoms with Gasteiger partial charge in [-0.25, -0.2) is 9.07 Å². The maximum Gasteiger partial charge on any atom is 0.269 e. The number of aromatic nitrogens is 3. The fraction of sp³-hybridized carbons (Fsp3) is 0.0909. The lowest BCUT2D eigenvalue weighted by Crippen LogP contribution is -2.33. The molecule has 0 radical (unpaired) electrons. The number of benzene rings is 3. The molecule has 0 fully saturated rings. The van der Waals surface area contributed by atoms with E-state index in [-0.39, 0.29) is 28.6 Å². The number of non-ortho nitro benzene ring substituents is 1. The van der Waals surface area contributed by atoms with Gasteiger partial charge in [-0.3, -0.25) is 10.1 Å². The Kier molecular flexibility index (Phi) is 5.50. The van der Waals surface area contributed by atoms with Crippen LogP contribution >= 0.6 is 11.6 Å². The van der Waals surface area contributed by atoms with E-state index in [4.69, 9.17) is 11.6 Å². The predicted molar refractivity (Wildman–Crippen MR) is 113 cm³/mol. The van der Waals surface area contributed by atoms with Gasteiger partial charge in [0.25, 0.3) is 5.69 Å². The van der Waals surface area contributed by atoms with Crippen molar-refractivity contribution in [1.82, 2.24) is 15.0 Å². The Hall–Kier alpha value is -3.62. The van der Waals surface area contributed by atoms with Crippen molar-refractivity contribution in [2.24, 2.45) is 0 Å². The minimum absolute atomic E-state index is 0.105. The summed E-state index contributed by atoms with van der Waals surface area (Å²) in [5, 5.41) is 31.4. The highest BCUT2D eigenvalue weighted by molar-refractivity contribution is 6.31. The summed E-state index contributed by atoms with van der Waals surface area (Å²) < 4.78 is 14.6. The first-order chi connectivity index (χ1) is 14.9. The molecule has 4 rings (SSSR count). The molecule has 7 nitrogen and oxygen atoms in total. The van der Waals surface area contributed by atoms with Gasteiger partial charge in [-0.2, -0.15) is 0 Å². The van der Waals surface area contributed by atoms with Gasteiger partial charge in [0, 0.05) is 28.3 Å². The molecule has 0 bridgehead atoms. The van der Waals surface area contributed by atoms with Gasteiger partial charge in [-0.1, -0.05) is 47.1 Å². The third kappa shape index (κ3) is 4.16. The van der Waals surface area contributed by atoms with Crippen LogP contribution in [0.25, 0.3) is 11.3 Å². The molecule has 0 aliphatic heterocycles. The zero-order valence-electron chi connectivity index (χ0n) is 16.0. The van der Waals surface area contributed by atoms with Gasteiger partial charge < -0.3 is 5.11 Å². The molecule has 0 aliphatic carbocycles. The van der Waals surface area contributed by atoms with Gasteiger partial charge >= 0.3 is 0 Å². The first kappa shape index (κ1) is 20.6. The summed E-state index contributed by atoms with van der Waals surface area (Å²) in [5.41, 5.74) is -0.119. The van der Waals surface area contributed by atoms with Crippen LogP contribution in [0.5, 0.6) is 0 Å². The van der Waals surface area contributed by atoms with Crippen LogP contribution < -0.4 is 0 Å². The predicted octanol–water partition coefficient (Wildman–Crippen LogP) is 4.58. The smallest absolute Gasteiger partial charge is 0.269 e. The molecular weight excluding hydrogens is 423 g/mol. The van der Waals surface area contributed by atoms with Gasteiger partial charge in [0.1, 0.15) is 17.1 Å². The summed E-state index contributed by atoms with van der Waals surface area (Å²) in [4.78, 5) is 10.7. The molecule has 31 heavy (non-hydrogen) atoms. The van der Waals surface area contributed by atoms with Gasteiger partial charge in [-0.05, 0) is 35.9 Å². The van der Waals surface area contributed by atoms with Crippen LogP contribution in [0, 0.1) is 15.9 Å². The van der Waals surface area contributed by atoms with Crippen LogP contribution in [-0.4, -0.2) is 25.0 Å². The Bertz CT molecular complexity index is 1230. The number of nitro benzene ring substituents is 1. The normalized spacial score (nSPS) is 13.0. The number of hydrogen-bond acceptors (Lipinski definition) is 5. The van der Waals surface area contributed by atoms with Crippen LogP contribution in [-0.2, 0) is 12.1 Å². The highest BCUT2D eigenvalue weighted by Gasteiger charge is 2.36. The molecule has 1 unspecified atom stereocenters. The van der Waals surface area contributed by atoms with E-state index in [0.717, 1.165) is 0 Å². The molecule has 156 valence electrons. The molecule has 1 atom stereocenters. The van der Waals surface area contributed by atoms with Gasteiger partial charge in [0.15, 0.2) is 0 Å². The van der Waals surface area contributed by atoms with Crippen molar-refractivity contribution in [3.05, 3.63) is 111 Å². The second kappa shape index (κ2) is 8.25. The number of halogens is 2. The third-order valence-corrected chi connectivity index (χ3v) is 5.26. The van der Waals surface area contributed by atoms with Gasteiger partial charge in [0.05, 0.1) is 17.7 Å². The summed E-state index contributed by atoms with van der Waals surface area (Å²) in [7, 11) is 0. The monoisotopic (exact) mass is 438 g/mol. The minimum atomic E-state index is -1.72. The molecular formula is C22H16ClFN4O3. The zero-order chi connectivity index (χ0) is 22.0. The van der Waals surface area contributed by atoms with E-state index in [2.05, 4.69) is 10.3 Å². The summed E-state index contributed by atoms with van der Waals surface area (Å²) in [6.07, 6.45) is 1.60. The van der Waals surface area contributed by atoms with E-state index in [1.165, 1.54) is 35.0 Å². The third-order valence-electron chi connectivity index (χ3n) is 4.93.